The number of amides is 3. The van der Waals surface area contributed by atoms with Crippen LogP contribution in [0.3, 0.4) is 0 Å². The van der Waals surface area contributed by atoms with Crippen molar-refractivity contribution in [1.29, 1.82) is 0 Å². The first-order valence-corrected chi connectivity index (χ1v) is 27.5. The summed E-state index contributed by atoms with van der Waals surface area (Å²) in [5, 5.41) is 8.81. The number of hydrogen-bond donors (Lipinski definition) is 4. The van der Waals surface area contributed by atoms with Crippen molar-refractivity contribution < 1.29 is 19.1 Å². The molecular weight excluding hydrogens is 1190 g/mol. The minimum atomic E-state index is -1.01. The summed E-state index contributed by atoms with van der Waals surface area (Å²) in [5.41, 5.74) is 14.3. The fourth-order valence-corrected chi connectivity index (χ4v) is 9.60. The van der Waals surface area contributed by atoms with Gasteiger partial charge in [0.15, 0.2) is 0 Å². The van der Waals surface area contributed by atoms with Gasteiger partial charge < -0.3 is 35.6 Å². The van der Waals surface area contributed by atoms with Crippen LogP contribution < -0.4 is 32.8 Å². The lowest BCUT2D eigenvalue weighted by molar-refractivity contribution is -0.119. The van der Waals surface area contributed by atoms with Gasteiger partial charge in [0.1, 0.15) is 11.6 Å². The summed E-state index contributed by atoms with van der Waals surface area (Å²) in [7, 11) is 0. The minimum absolute atomic E-state index is 0.00470. The maximum Gasteiger partial charge on any atom is 0.408 e. The first kappa shape index (κ1) is 57.6. The van der Waals surface area contributed by atoms with Crippen molar-refractivity contribution in [3.63, 3.8) is 0 Å². The molecule has 77 heavy (non-hydrogen) atoms. The summed E-state index contributed by atoms with van der Waals surface area (Å²) in [4.78, 5) is 65.0. The average Bonchev–Trinajstić information content (AvgIpc) is 3.40. The van der Waals surface area contributed by atoms with E-state index in [-0.39, 0.29) is 40.9 Å². The van der Waals surface area contributed by atoms with Crippen LogP contribution >= 0.6 is 45.2 Å². The average molecular weight is 1260 g/mol. The van der Waals surface area contributed by atoms with Crippen LogP contribution in [0.15, 0.2) is 204 Å². The number of pyridine rings is 2. The number of nitrogens with two attached hydrogens (primary N) is 1. The molecule has 0 saturated heterocycles. The molecule has 0 spiro atoms. The molecule has 5 N–H and O–H groups in total. The Kier molecular flexibility index (Phi) is 19.6. The maximum atomic E-state index is 14.0. The van der Waals surface area contributed by atoms with E-state index in [4.69, 9.17) is 10.5 Å². The molecule has 396 valence electrons. The number of alkyl carbamates (subject to hydrolysis) is 1. The van der Waals surface area contributed by atoms with Crippen molar-refractivity contribution in [2.24, 2.45) is 5.73 Å². The molecule has 8 aromatic rings. The monoisotopic (exact) mass is 1250 g/mol. The van der Waals surface area contributed by atoms with E-state index in [0.29, 0.717) is 11.4 Å². The fourth-order valence-electron chi connectivity index (χ4n) is 8.88. The molecule has 3 amide bonds. The molecule has 0 bridgehead atoms. The lowest BCUT2D eigenvalue weighted by atomic mass is 9.83. The van der Waals surface area contributed by atoms with Crippen molar-refractivity contribution in [2.45, 2.75) is 90.1 Å². The predicted molar refractivity (Wildman–Crippen MR) is 326 cm³/mol. The molecule has 0 aliphatic carbocycles. The van der Waals surface area contributed by atoms with Gasteiger partial charge in [-0.3, -0.25) is 19.2 Å². The zero-order valence-electron chi connectivity index (χ0n) is 44.1. The topological polar surface area (TPSA) is 167 Å². The number of carbonyl (C=O) groups is 3. The molecule has 4 unspecified atom stereocenters. The van der Waals surface area contributed by atoms with Crippen LogP contribution in [0, 0.1) is 7.14 Å². The first-order chi connectivity index (χ1) is 36.7. The van der Waals surface area contributed by atoms with Gasteiger partial charge in [0.05, 0.1) is 6.04 Å². The highest BCUT2D eigenvalue weighted by Gasteiger charge is 2.35. The van der Waals surface area contributed by atoms with Gasteiger partial charge in [-0.25, -0.2) is 4.79 Å². The van der Waals surface area contributed by atoms with Gasteiger partial charge in [-0.2, -0.15) is 0 Å². The summed E-state index contributed by atoms with van der Waals surface area (Å²) in [5.74, 6) is -1.54. The van der Waals surface area contributed by atoms with Gasteiger partial charge in [0.2, 0.25) is 11.8 Å². The number of nitrogens with zero attached hydrogens (tertiary/aromatic N) is 2. The summed E-state index contributed by atoms with van der Waals surface area (Å²) < 4.78 is 11.1. The van der Waals surface area contributed by atoms with E-state index < -0.39 is 29.7 Å². The number of nitrogens with one attached hydrogen (secondary N) is 3. The lowest BCUT2D eigenvalue weighted by Crippen LogP contribution is -2.49. The number of anilines is 2. The highest BCUT2D eigenvalue weighted by Crippen LogP contribution is 2.34. The third-order valence-corrected chi connectivity index (χ3v) is 14.1. The van der Waals surface area contributed by atoms with E-state index in [1.165, 1.54) is 0 Å². The number of carbonyl (C=O) groups excluding carboxylic acids is 3. The van der Waals surface area contributed by atoms with Gasteiger partial charge in [-0.15, -0.1) is 0 Å². The number of halogens is 2. The van der Waals surface area contributed by atoms with E-state index in [1.54, 1.807) is 48.1 Å². The van der Waals surface area contributed by atoms with Crippen molar-refractivity contribution >= 4 is 74.5 Å². The van der Waals surface area contributed by atoms with Crippen LogP contribution in [0.2, 0.25) is 0 Å². The Bertz CT molecular complexity index is 3410. The van der Waals surface area contributed by atoms with Crippen molar-refractivity contribution in [1.82, 2.24) is 14.5 Å². The Balaban J connectivity index is 0.000000227. The molecular formula is C63H64I2N6O6. The third kappa shape index (κ3) is 15.7. The van der Waals surface area contributed by atoms with E-state index in [1.807, 2.05) is 198 Å². The van der Waals surface area contributed by atoms with E-state index in [2.05, 4.69) is 67.2 Å². The molecule has 12 nitrogen and oxygen atoms in total. The SMILES string of the molecule is CC(C)n1cc(-c2cccc(C(c3ccccc3)C(N)C(=O)Nc3ccc(I)cc3)c2)ccc1=O.CC(C)n1cc(-c2cccc(C(c3ccccc3)C(NC(=O)OC(C)(C)C)C(=O)Nc3ccc(I)cc3)c2)ccc1=O. The summed E-state index contributed by atoms with van der Waals surface area (Å²) in [6.45, 7) is 13.2. The number of hydrogen-bond acceptors (Lipinski definition) is 7. The zero-order valence-corrected chi connectivity index (χ0v) is 48.4. The highest BCUT2D eigenvalue weighted by atomic mass is 127. The van der Waals surface area contributed by atoms with Crippen LogP contribution in [-0.2, 0) is 14.3 Å². The van der Waals surface area contributed by atoms with Gasteiger partial charge in [-0.1, -0.05) is 109 Å². The molecule has 2 heterocycles. The number of aromatic nitrogens is 2. The summed E-state index contributed by atoms with van der Waals surface area (Å²) in [6, 6.07) is 55.4. The second kappa shape index (κ2) is 26.3. The van der Waals surface area contributed by atoms with Crippen LogP contribution in [0.4, 0.5) is 16.2 Å². The van der Waals surface area contributed by atoms with Crippen LogP contribution in [-0.4, -0.2) is 44.7 Å². The third-order valence-electron chi connectivity index (χ3n) is 12.6. The second-order valence-corrected chi connectivity index (χ2v) is 22.7. The van der Waals surface area contributed by atoms with Crippen molar-refractivity contribution in [3.05, 3.63) is 244 Å². The maximum absolute atomic E-state index is 14.0. The van der Waals surface area contributed by atoms with Gasteiger partial charge in [0.25, 0.3) is 11.1 Å². The second-order valence-electron chi connectivity index (χ2n) is 20.2. The molecule has 0 aliphatic heterocycles. The largest absolute Gasteiger partial charge is 0.444 e. The van der Waals surface area contributed by atoms with Gasteiger partial charge in [-0.05, 0) is 199 Å². The fraction of sp³-hybridized carbons (Fsp3) is 0.222. The normalized spacial score (nSPS) is 12.8. The Hall–Kier alpha value is -7.15. The molecule has 6 aromatic carbocycles. The standard InChI is InChI=1S/C34H36IN3O4.C29H28IN3O2/c1-22(2)38-21-26(14-19-29(38)39)24-12-9-13-25(20-24)30(23-10-7-6-8-11-23)31(37-33(41)42-34(3,4)5)32(40)36-28-17-15-27(35)16-18-28;1-19(2)33-18-23(11-16-26(33)34)21-9-6-10-22(17-21)27(20-7-4-3-5-8-20)28(31)29(35)32-25-14-12-24(30)13-15-25/h6-22,30-31H,1-5H3,(H,36,40)(H,37,41);3-19,27-28H,31H2,1-2H3,(H,32,35). The molecule has 2 aromatic heterocycles. The smallest absolute Gasteiger partial charge is 0.408 e. The van der Waals surface area contributed by atoms with Crippen molar-refractivity contribution in [2.75, 3.05) is 10.6 Å². The Morgan fingerprint density at radius 1 is 0.494 bits per heavy atom. The van der Waals surface area contributed by atoms with Crippen LogP contribution in [0.25, 0.3) is 22.3 Å². The lowest BCUT2D eigenvalue weighted by Gasteiger charge is -2.30. The number of rotatable bonds is 15. The number of benzene rings is 6. The Morgan fingerprint density at radius 2 is 0.896 bits per heavy atom. The molecule has 14 heteroatoms. The molecule has 0 fully saturated rings. The van der Waals surface area contributed by atoms with E-state index in [0.717, 1.165) is 51.6 Å². The van der Waals surface area contributed by atoms with E-state index in [9.17, 15) is 24.0 Å². The summed E-state index contributed by atoms with van der Waals surface area (Å²) in [6.07, 6.45) is 3.04. The van der Waals surface area contributed by atoms with Crippen LogP contribution in [0.1, 0.15) is 94.6 Å². The molecule has 0 aliphatic rings. The number of ether oxygens (including phenoxy) is 1. The molecule has 0 radical (unpaired) electrons. The van der Waals surface area contributed by atoms with Crippen molar-refractivity contribution in [3.8, 4) is 22.3 Å². The Labute approximate surface area is 477 Å². The van der Waals surface area contributed by atoms with Gasteiger partial charge in [0, 0.05) is 67.0 Å². The van der Waals surface area contributed by atoms with E-state index >= 15 is 0 Å². The highest BCUT2D eigenvalue weighted by molar-refractivity contribution is 14.1. The molecule has 8 rings (SSSR count). The van der Waals surface area contributed by atoms with Gasteiger partial charge >= 0.3 is 6.09 Å². The molecule has 4 atom stereocenters. The predicted octanol–water partition coefficient (Wildman–Crippen LogP) is 13.2. The summed E-state index contributed by atoms with van der Waals surface area (Å²) >= 11 is 4.44. The quantitative estimate of drug-likeness (QED) is 0.0741. The minimum Gasteiger partial charge on any atom is -0.444 e. The van der Waals surface area contributed by atoms with Crippen LogP contribution in [0.5, 0.6) is 0 Å². The molecule has 0 saturated carbocycles. The first-order valence-electron chi connectivity index (χ1n) is 25.4. The zero-order chi connectivity index (χ0) is 55.4. The Morgan fingerprint density at radius 3 is 1.32 bits per heavy atom.